The average molecular weight is 409 g/mol. The van der Waals surface area contributed by atoms with Crippen LogP contribution >= 0.6 is 11.6 Å². The highest BCUT2D eigenvalue weighted by atomic mass is 35.5. The van der Waals surface area contributed by atoms with Gasteiger partial charge in [-0.25, -0.2) is 0 Å². The summed E-state index contributed by atoms with van der Waals surface area (Å²) < 4.78 is 17.0. The van der Waals surface area contributed by atoms with Gasteiger partial charge in [-0.1, -0.05) is 72.3 Å². The van der Waals surface area contributed by atoms with Gasteiger partial charge in [0.1, 0.15) is 12.5 Å². The van der Waals surface area contributed by atoms with Gasteiger partial charge in [0.15, 0.2) is 11.5 Å². The van der Waals surface area contributed by atoms with E-state index in [1.807, 2.05) is 66.7 Å². The van der Waals surface area contributed by atoms with E-state index in [1.54, 1.807) is 6.07 Å². The van der Waals surface area contributed by atoms with Crippen molar-refractivity contribution in [3.63, 3.8) is 0 Å². The van der Waals surface area contributed by atoms with E-state index in [1.165, 1.54) is 0 Å². The van der Waals surface area contributed by atoms with Gasteiger partial charge in [-0.3, -0.25) is 4.79 Å². The Kier molecular flexibility index (Phi) is 6.01. The van der Waals surface area contributed by atoms with Crippen LogP contribution in [0.3, 0.4) is 0 Å². The molecule has 4 rings (SSSR count). The topological polar surface area (TPSA) is 44.8 Å². The molecule has 0 fully saturated rings. The summed E-state index contributed by atoms with van der Waals surface area (Å²) in [5, 5.41) is 0.457. The molecule has 0 saturated heterocycles. The number of esters is 1. The number of hydrogen-bond acceptors (Lipinski definition) is 4. The first-order chi connectivity index (χ1) is 14.2. The molecule has 3 aromatic carbocycles. The van der Waals surface area contributed by atoms with Crippen molar-refractivity contribution in [3.8, 4) is 11.5 Å². The maximum absolute atomic E-state index is 13.0. The molecule has 1 aliphatic rings. The maximum Gasteiger partial charge on any atom is 0.318 e. The van der Waals surface area contributed by atoms with Crippen molar-refractivity contribution >= 4 is 17.6 Å². The first-order valence-corrected chi connectivity index (χ1v) is 9.95. The first kappa shape index (κ1) is 19.3. The molecule has 0 amide bonds. The lowest BCUT2D eigenvalue weighted by Gasteiger charge is -2.18. The lowest BCUT2D eigenvalue weighted by molar-refractivity contribution is -0.145. The Labute approximate surface area is 175 Å². The van der Waals surface area contributed by atoms with Crippen LogP contribution in [-0.4, -0.2) is 19.2 Å². The molecule has 1 heterocycles. The second kappa shape index (κ2) is 9.01. The monoisotopic (exact) mass is 408 g/mol. The number of halogens is 1. The summed E-state index contributed by atoms with van der Waals surface area (Å²) in [5.74, 6) is 0.327. The van der Waals surface area contributed by atoms with Crippen molar-refractivity contribution in [1.82, 2.24) is 0 Å². The molecule has 1 aliphatic heterocycles. The van der Waals surface area contributed by atoms with Crippen LogP contribution < -0.4 is 9.47 Å². The number of fused-ring (bicyclic) bond motifs is 1. The predicted molar refractivity (Wildman–Crippen MR) is 112 cm³/mol. The third-order valence-corrected chi connectivity index (χ3v) is 5.03. The van der Waals surface area contributed by atoms with Crippen molar-refractivity contribution in [2.75, 3.05) is 13.2 Å². The molecular weight excluding hydrogens is 388 g/mol. The van der Waals surface area contributed by atoms with E-state index in [0.717, 1.165) is 23.1 Å². The Morgan fingerprint density at radius 1 is 0.931 bits per heavy atom. The van der Waals surface area contributed by atoms with Gasteiger partial charge in [-0.15, -0.1) is 0 Å². The number of ether oxygens (including phenoxy) is 3. The maximum atomic E-state index is 13.0. The summed E-state index contributed by atoms with van der Waals surface area (Å²) in [5.41, 5.74) is 2.54. The molecule has 0 saturated carbocycles. The summed E-state index contributed by atoms with van der Waals surface area (Å²) in [4.78, 5) is 13.0. The summed E-state index contributed by atoms with van der Waals surface area (Å²) in [6.07, 6.45) is 0.797. The van der Waals surface area contributed by atoms with Crippen LogP contribution in [0.5, 0.6) is 11.5 Å². The summed E-state index contributed by atoms with van der Waals surface area (Å²) in [7, 11) is 0. The van der Waals surface area contributed by atoms with Crippen LogP contribution in [0.4, 0.5) is 0 Å². The van der Waals surface area contributed by atoms with E-state index >= 15 is 0 Å². The summed E-state index contributed by atoms with van der Waals surface area (Å²) in [6, 6.07) is 22.8. The minimum absolute atomic E-state index is 0.103. The Balaban J connectivity index is 1.54. The lowest BCUT2D eigenvalue weighted by Crippen LogP contribution is -2.17. The van der Waals surface area contributed by atoms with E-state index in [-0.39, 0.29) is 12.6 Å². The Hall–Kier alpha value is -2.98. The van der Waals surface area contributed by atoms with E-state index in [0.29, 0.717) is 29.7 Å². The lowest BCUT2D eigenvalue weighted by atomic mass is 9.91. The molecule has 0 aliphatic carbocycles. The van der Waals surface area contributed by atoms with Crippen LogP contribution in [0.25, 0.3) is 0 Å². The fourth-order valence-electron chi connectivity index (χ4n) is 3.36. The minimum atomic E-state index is -0.492. The highest BCUT2D eigenvalue weighted by molar-refractivity contribution is 6.32. The molecular formula is C24H21ClO4. The zero-order chi connectivity index (χ0) is 20.1. The van der Waals surface area contributed by atoms with Gasteiger partial charge in [0.25, 0.3) is 0 Å². The van der Waals surface area contributed by atoms with E-state index in [9.17, 15) is 4.79 Å². The van der Waals surface area contributed by atoms with Crippen LogP contribution in [0.15, 0.2) is 72.8 Å². The molecule has 0 spiro atoms. The third kappa shape index (κ3) is 4.54. The van der Waals surface area contributed by atoms with E-state index in [2.05, 4.69) is 0 Å². The zero-order valence-electron chi connectivity index (χ0n) is 15.8. The van der Waals surface area contributed by atoms with Gasteiger partial charge in [0, 0.05) is 6.42 Å². The molecule has 3 aromatic rings. The smallest absolute Gasteiger partial charge is 0.318 e. The molecule has 148 valence electrons. The van der Waals surface area contributed by atoms with Crippen molar-refractivity contribution in [2.45, 2.75) is 18.9 Å². The van der Waals surface area contributed by atoms with Crippen molar-refractivity contribution in [3.05, 3.63) is 94.5 Å². The molecule has 4 nitrogen and oxygen atoms in total. The highest BCUT2D eigenvalue weighted by Crippen LogP contribution is 2.38. The van der Waals surface area contributed by atoms with E-state index < -0.39 is 5.92 Å². The first-order valence-electron chi connectivity index (χ1n) is 9.57. The molecule has 0 aromatic heterocycles. The fraction of sp³-hybridized carbons (Fsp3) is 0.208. The Bertz CT molecular complexity index is 933. The largest absolute Gasteiger partial charge is 0.489 e. The van der Waals surface area contributed by atoms with Crippen molar-refractivity contribution in [2.24, 2.45) is 0 Å². The Morgan fingerprint density at radius 2 is 1.55 bits per heavy atom. The van der Waals surface area contributed by atoms with Gasteiger partial charge >= 0.3 is 5.97 Å². The fourth-order valence-corrected chi connectivity index (χ4v) is 3.65. The summed E-state index contributed by atoms with van der Waals surface area (Å²) in [6.45, 7) is 1.24. The second-order valence-corrected chi connectivity index (χ2v) is 7.22. The molecule has 29 heavy (non-hydrogen) atoms. The Morgan fingerprint density at radius 3 is 2.21 bits per heavy atom. The summed E-state index contributed by atoms with van der Waals surface area (Å²) >= 11 is 6.34. The van der Waals surface area contributed by atoms with Crippen LogP contribution in [0, 0.1) is 0 Å². The van der Waals surface area contributed by atoms with Crippen molar-refractivity contribution in [1.29, 1.82) is 0 Å². The average Bonchev–Trinajstić information content (AvgIpc) is 3.00. The van der Waals surface area contributed by atoms with Crippen molar-refractivity contribution < 1.29 is 19.0 Å². The van der Waals surface area contributed by atoms with Gasteiger partial charge in [0.2, 0.25) is 0 Å². The zero-order valence-corrected chi connectivity index (χ0v) is 16.6. The highest BCUT2D eigenvalue weighted by Gasteiger charge is 2.24. The van der Waals surface area contributed by atoms with E-state index in [4.69, 9.17) is 25.8 Å². The number of carbonyl (C=O) groups excluding carboxylic acids is 1. The number of hydrogen-bond donors (Lipinski definition) is 0. The molecule has 0 N–H and O–H groups in total. The van der Waals surface area contributed by atoms with Crippen LogP contribution in [-0.2, 0) is 16.1 Å². The number of benzene rings is 3. The SMILES string of the molecule is O=C(OCc1cc(Cl)c2c(c1)OCCCO2)C(c1ccccc1)c1ccccc1. The minimum Gasteiger partial charge on any atom is -0.489 e. The standard InChI is InChI=1S/C24H21ClO4/c25-20-14-17(15-21-23(20)28-13-7-12-27-21)16-29-24(26)22(18-8-3-1-4-9-18)19-10-5-2-6-11-19/h1-6,8-11,14-15,22H,7,12-13,16H2. The predicted octanol–water partition coefficient (Wildman–Crippen LogP) is 5.38. The molecule has 0 unspecified atom stereocenters. The molecule has 0 bridgehead atoms. The quantitative estimate of drug-likeness (QED) is 0.532. The van der Waals surface area contributed by atoms with Crippen LogP contribution in [0.2, 0.25) is 5.02 Å². The normalized spacial score (nSPS) is 13.0. The third-order valence-electron chi connectivity index (χ3n) is 4.74. The van der Waals surface area contributed by atoms with Gasteiger partial charge in [-0.2, -0.15) is 0 Å². The molecule has 5 heteroatoms. The number of carbonyl (C=O) groups is 1. The molecule has 0 atom stereocenters. The molecule has 0 radical (unpaired) electrons. The van der Waals surface area contributed by atoms with Crippen LogP contribution in [0.1, 0.15) is 29.0 Å². The van der Waals surface area contributed by atoms with Gasteiger partial charge in [-0.05, 0) is 28.8 Å². The number of rotatable bonds is 5. The van der Waals surface area contributed by atoms with Gasteiger partial charge in [0.05, 0.1) is 18.2 Å². The second-order valence-electron chi connectivity index (χ2n) is 6.82. The van der Waals surface area contributed by atoms with Gasteiger partial charge < -0.3 is 14.2 Å².